The van der Waals surface area contributed by atoms with Gasteiger partial charge in [0.25, 0.3) is 0 Å². The van der Waals surface area contributed by atoms with Crippen molar-refractivity contribution in [3.63, 3.8) is 0 Å². The number of nitrogens with one attached hydrogen (secondary N) is 1. The first-order valence-corrected chi connectivity index (χ1v) is 5.59. The molecule has 0 bridgehead atoms. The summed E-state index contributed by atoms with van der Waals surface area (Å²) < 4.78 is 5.62. The molecule has 0 radical (unpaired) electrons. The Morgan fingerprint density at radius 3 is 2.53 bits per heavy atom. The molecule has 0 amide bonds. The molecule has 0 aliphatic heterocycles. The Balaban J connectivity index is 2.93. The maximum atomic E-state index is 6.05. The Morgan fingerprint density at radius 2 is 2.00 bits per heavy atom. The van der Waals surface area contributed by atoms with Gasteiger partial charge in [-0.25, -0.2) is 0 Å². The van der Waals surface area contributed by atoms with E-state index in [0.29, 0.717) is 28.3 Å². The summed E-state index contributed by atoms with van der Waals surface area (Å²) in [6.45, 7) is 4.81. The van der Waals surface area contributed by atoms with Crippen molar-refractivity contribution in [3.05, 3.63) is 22.2 Å². The molecule has 0 aromatic heterocycles. The van der Waals surface area contributed by atoms with Crippen molar-refractivity contribution in [1.29, 1.82) is 0 Å². The SMILES string of the molecule is CNc1cc(Cl)cc(Cl)c1OCC(C)C. The van der Waals surface area contributed by atoms with E-state index < -0.39 is 0 Å². The van der Waals surface area contributed by atoms with Crippen molar-refractivity contribution >= 4 is 28.9 Å². The van der Waals surface area contributed by atoms with Crippen molar-refractivity contribution in [2.75, 3.05) is 19.0 Å². The van der Waals surface area contributed by atoms with Crippen molar-refractivity contribution < 1.29 is 4.74 Å². The van der Waals surface area contributed by atoms with Gasteiger partial charge in [-0.05, 0) is 18.1 Å². The van der Waals surface area contributed by atoms with E-state index in [9.17, 15) is 0 Å². The van der Waals surface area contributed by atoms with Crippen LogP contribution in [0.25, 0.3) is 0 Å². The zero-order valence-electron chi connectivity index (χ0n) is 9.10. The maximum absolute atomic E-state index is 6.05. The van der Waals surface area contributed by atoms with E-state index in [4.69, 9.17) is 27.9 Å². The van der Waals surface area contributed by atoms with Gasteiger partial charge < -0.3 is 10.1 Å². The van der Waals surface area contributed by atoms with Crippen LogP contribution in [0.1, 0.15) is 13.8 Å². The fourth-order valence-electron chi connectivity index (χ4n) is 1.14. The molecule has 15 heavy (non-hydrogen) atoms. The second-order valence-corrected chi connectivity index (χ2v) is 4.56. The minimum atomic E-state index is 0.460. The molecule has 0 saturated carbocycles. The highest BCUT2D eigenvalue weighted by molar-refractivity contribution is 6.36. The molecule has 84 valence electrons. The molecule has 0 fully saturated rings. The lowest BCUT2D eigenvalue weighted by molar-refractivity contribution is 0.272. The van der Waals surface area contributed by atoms with E-state index >= 15 is 0 Å². The van der Waals surface area contributed by atoms with Crippen LogP contribution >= 0.6 is 23.2 Å². The smallest absolute Gasteiger partial charge is 0.161 e. The highest BCUT2D eigenvalue weighted by atomic mass is 35.5. The van der Waals surface area contributed by atoms with Gasteiger partial charge in [-0.3, -0.25) is 0 Å². The molecule has 1 rings (SSSR count). The summed E-state index contributed by atoms with van der Waals surface area (Å²) in [5.74, 6) is 1.12. The first-order valence-electron chi connectivity index (χ1n) is 4.84. The predicted octanol–water partition coefficient (Wildman–Crippen LogP) is 4.07. The molecule has 0 aliphatic rings. The monoisotopic (exact) mass is 247 g/mol. The Kier molecular flexibility index (Phi) is 4.55. The van der Waals surface area contributed by atoms with E-state index in [0.717, 1.165) is 5.69 Å². The lowest BCUT2D eigenvalue weighted by atomic mass is 10.2. The number of halogens is 2. The zero-order chi connectivity index (χ0) is 11.4. The normalized spacial score (nSPS) is 10.5. The van der Waals surface area contributed by atoms with E-state index in [1.54, 1.807) is 12.1 Å². The van der Waals surface area contributed by atoms with Gasteiger partial charge in [0.05, 0.1) is 17.3 Å². The van der Waals surface area contributed by atoms with Gasteiger partial charge in [0.15, 0.2) is 5.75 Å². The third kappa shape index (κ3) is 3.47. The Bertz CT molecular complexity index is 340. The van der Waals surface area contributed by atoms with Gasteiger partial charge in [-0.2, -0.15) is 0 Å². The summed E-state index contributed by atoms with van der Waals surface area (Å²) in [7, 11) is 1.81. The van der Waals surface area contributed by atoms with E-state index in [1.807, 2.05) is 7.05 Å². The van der Waals surface area contributed by atoms with Crippen LogP contribution < -0.4 is 10.1 Å². The average Bonchev–Trinajstić information content (AvgIpc) is 2.14. The van der Waals surface area contributed by atoms with Crippen LogP contribution in [0, 0.1) is 5.92 Å². The molecular formula is C11H15Cl2NO. The van der Waals surface area contributed by atoms with Crippen molar-refractivity contribution in [2.45, 2.75) is 13.8 Å². The van der Waals surface area contributed by atoms with Crippen LogP contribution in [-0.4, -0.2) is 13.7 Å². The van der Waals surface area contributed by atoms with Crippen LogP contribution in [-0.2, 0) is 0 Å². The second-order valence-electron chi connectivity index (χ2n) is 3.72. The third-order valence-electron chi connectivity index (χ3n) is 1.84. The number of benzene rings is 1. The second kappa shape index (κ2) is 5.47. The van der Waals surface area contributed by atoms with Crippen LogP contribution in [0.4, 0.5) is 5.69 Å². The van der Waals surface area contributed by atoms with Gasteiger partial charge in [-0.15, -0.1) is 0 Å². The largest absolute Gasteiger partial charge is 0.490 e. The highest BCUT2D eigenvalue weighted by Crippen LogP contribution is 2.36. The standard InChI is InChI=1S/C11H15Cl2NO/c1-7(2)6-15-11-9(13)4-8(12)5-10(11)14-3/h4-5,7,14H,6H2,1-3H3. The quantitative estimate of drug-likeness (QED) is 0.867. The fraction of sp³-hybridized carbons (Fsp3) is 0.455. The van der Waals surface area contributed by atoms with Gasteiger partial charge in [0.1, 0.15) is 0 Å². The minimum Gasteiger partial charge on any atom is -0.490 e. The van der Waals surface area contributed by atoms with Crippen molar-refractivity contribution in [2.24, 2.45) is 5.92 Å². The number of ether oxygens (including phenoxy) is 1. The Morgan fingerprint density at radius 1 is 1.33 bits per heavy atom. The topological polar surface area (TPSA) is 21.3 Å². The number of hydrogen-bond acceptors (Lipinski definition) is 2. The summed E-state index contributed by atoms with van der Waals surface area (Å²) in [4.78, 5) is 0. The summed E-state index contributed by atoms with van der Waals surface area (Å²) in [6.07, 6.45) is 0. The van der Waals surface area contributed by atoms with Gasteiger partial charge in [0, 0.05) is 12.1 Å². The molecule has 2 nitrogen and oxygen atoms in total. The van der Waals surface area contributed by atoms with Crippen molar-refractivity contribution in [3.8, 4) is 5.75 Å². The molecule has 0 heterocycles. The molecular weight excluding hydrogens is 233 g/mol. The Hall–Kier alpha value is -0.600. The molecule has 0 atom stereocenters. The van der Waals surface area contributed by atoms with Crippen LogP contribution in [0.5, 0.6) is 5.75 Å². The summed E-state index contributed by atoms with van der Waals surface area (Å²) >= 11 is 11.9. The molecule has 1 aromatic rings. The van der Waals surface area contributed by atoms with Gasteiger partial charge >= 0.3 is 0 Å². The molecule has 0 unspecified atom stereocenters. The van der Waals surface area contributed by atoms with E-state index in [-0.39, 0.29) is 0 Å². The average molecular weight is 248 g/mol. The van der Waals surface area contributed by atoms with Gasteiger partial charge in [-0.1, -0.05) is 37.0 Å². The summed E-state index contributed by atoms with van der Waals surface area (Å²) in [6, 6.07) is 3.47. The maximum Gasteiger partial charge on any atom is 0.161 e. The molecule has 0 saturated heterocycles. The van der Waals surface area contributed by atoms with Gasteiger partial charge in [0.2, 0.25) is 0 Å². The highest BCUT2D eigenvalue weighted by Gasteiger charge is 2.10. The van der Waals surface area contributed by atoms with Crippen molar-refractivity contribution in [1.82, 2.24) is 0 Å². The van der Waals surface area contributed by atoms with E-state index in [2.05, 4.69) is 19.2 Å². The lowest BCUT2D eigenvalue weighted by Gasteiger charge is -2.14. The number of rotatable bonds is 4. The minimum absolute atomic E-state index is 0.460. The molecule has 0 aliphatic carbocycles. The van der Waals surface area contributed by atoms with Crippen LogP contribution in [0.2, 0.25) is 10.0 Å². The first kappa shape index (κ1) is 12.5. The van der Waals surface area contributed by atoms with Crippen LogP contribution in [0.3, 0.4) is 0 Å². The number of hydrogen-bond donors (Lipinski definition) is 1. The molecule has 1 N–H and O–H groups in total. The number of anilines is 1. The molecule has 4 heteroatoms. The fourth-order valence-corrected chi connectivity index (χ4v) is 1.69. The zero-order valence-corrected chi connectivity index (χ0v) is 10.6. The predicted molar refractivity (Wildman–Crippen MR) is 66.3 cm³/mol. The molecule has 0 spiro atoms. The summed E-state index contributed by atoms with van der Waals surface area (Å²) in [5.41, 5.74) is 0.813. The first-order chi connectivity index (χ1) is 7.04. The third-order valence-corrected chi connectivity index (χ3v) is 2.34. The van der Waals surface area contributed by atoms with Crippen LogP contribution in [0.15, 0.2) is 12.1 Å². The van der Waals surface area contributed by atoms with E-state index in [1.165, 1.54) is 0 Å². The summed E-state index contributed by atoms with van der Waals surface area (Å²) in [5, 5.41) is 4.14. The molecule has 1 aromatic carbocycles. The lowest BCUT2D eigenvalue weighted by Crippen LogP contribution is -2.06. The Labute approximate surface area is 101 Å².